The molecule has 0 unspecified atom stereocenters. The van der Waals surface area contributed by atoms with E-state index in [4.69, 9.17) is 5.73 Å². The summed E-state index contributed by atoms with van der Waals surface area (Å²) in [6.07, 6.45) is -4.57. The second-order valence-electron chi connectivity index (χ2n) is 7.61. The topological polar surface area (TPSA) is 92.5 Å². The smallest absolute Gasteiger partial charge is 0.368 e. The van der Waals surface area contributed by atoms with Gasteiger partial charge in [-0.2, -0.15) is 13.2 Å². The van der Waals surface area contributed by atoms with Crippen molar-refractivity contribution in [3.8, 4) is 0 Å². The molecule has 0 heterocycles. The number of rotatable bonds is 7. The highest BCUT2D eigenvalue weighted by Gasteiger charge is 2.33. The number of amides is 3. The van der Waals surface area contributed by atoms with Crippen LogP contribution in [0.1, 0.15) is 40.0 Å². The van der Waals surface area contributed by atoms with E-state index < -0.39 is 29.6 Å². The molecule has 0 saturated carbocycles. The van der Waals surface area contributed by atoms with Crippen LogP contribution in [0, 0.1) is 0 Å². The van der Waals surface area contributed by atoms with Gasteiger partial charge in [0.05, 0.1) is 5.56 Å². The van der Waals surface area contributed by atoms with Crippen molar-refractivity contribution in [3.63, 3.8) is 0 Å². The molecule has 0 radical (unpaired) electrons. The maximum atomic E-state index is 13.6. The summed E-state index contributed by atoms with van der Waals surface area (Å²) in [4.78, 5) is 38.6. The SMILES string of the molecule is CC(=O)Nc1cccc(C(=O)N(Cc2cccc(C(F)(F)F)c2)[C@@H](C(N)=O)c2ccccc2)c1. The number of nitrogens with one attached hydrogen (secondary N) is 1. The number of alkyl halides is 3. The molecule has 0 fully saturated rings. The highest BCUT2D eigenvalue weighted by molar-refractivity contribution is 5.99. The predicted octanol–water partition coefficient (Wildman–Crippen LogP) is 4.53. The Morgan fingerprint density at radius 2 is 1.62 bits per heavy atom. The van der Waals surface area contributed by atoms with E-state index in [2.05, 4.69) is 5.32 Å². The number of benzene rings is 3. The fourth-order valence-electron chi connectivity index (χ4n) is 3.56. The lowest BCUT2D eigenvalue weighted by molar-refractivity contribution is -0.137. The molecule has 0 aromatic heterocycles. The molecule has 1 atom stereocenters. The number of nitrogens with two attached hydrogens (primary N) is 1. The van der Waals surface area contributed by atoms with Gasteiger partial charge in [0, 0.05) is 24.7 Å². The minimum absolute atomic E-state index is 0.125. The van der Waals surface area contributed by atoms with Crippen LogP contribution in [0.2, 0.25) is 0 Å². The van der Waals surface area contributed by atoms with Crippen molar-refractivity contribution in [1.82, 2.24) is 4.90 Å². The number of primary amides is 1. The average Bonchev–Trinajstić information content (AvgIpc) is 2.78. The van der Waals surface area contributed by atoms with E-state index in [1.165, 1.54) is 31.2 Å². The van der Waals surface area contributed by atoms with Gasteiger partial charge in [0.15, 0.2) is 0 Å². The van der Waals surface area contributed by atoms with Crippen LogP contribution in [0.5, 0.6) is 0 Å². The van der Waals surface area contributed by atoms with Gasteiger partial charge < -0.3 is 16.0 Å². The molecule has 6 nitrogen and oxygen atoms in total. The highest BCUT2D eigenvalue weighted by atomic mass is 19.4. The van der Waals surface area contributed by atoms with Crippen molar-refractivity contribution in [2.24, 2.45) is 5.73 Å². The Kier molecular flexibility index (Phi) is 7.35. The predicted molar refractivity (Wildman–Crippen MR) is 120 cm³/mol. The van der Waals surface area contributed by atoms with Crippen molar-refractivity contribution in [2.75, 3.05) is 5.32 Å². The van der Waals surface area contributed by atoms with Gasteiger partial charge in [0.25, 0.3) is 5.91 Å². The molecule has 9 heteroatoms. The summed E-state index contributed by atoms with van der Waals surface area (Å²) in [6, 6.07) is 17.6. The lowest BCUT2D eigenvalue weighted by atomic mass is 10.0. The molecular formula is C25H22F3N3O3. The van der Waals surface area contributed by atoms with Crippen LogP contribution in [0.4, 0.5) is 18.9 Å². The normalized spacial score (nSPS) is 12.0. The largest absolute Gasteiger partial charge is 0.416 e. The van der Waals surface area contributed by atoms with E-state index in [0.29, 0.717) is 11.3 Å². The number of hydrogen-bond donors (Lipinski definition) is 2. The van der Waals surface area contributed by atoms with Crippen LogP contribution in [0.3, 0.4) is 0 Å². The first-order chi connectivity index (χ1) is 16.1. The number of hydrogen-bond acceptors (Lipinski definition) is 3. The number of halogens is 3. The molecule has 3 aromatic carbocycles. The summed E-state index contributed by atoms with van der Waals surface area (Å²) in [5.41, 5.74) is 5.85. The lowest BCUT2D eigenvalue weighted by Crippen LogP contribution is -2.41. The highest BCUT2D eigenvalue weighted by Crippen LogP contribution is 2.31. The number of anilines is 1. The van der Waals surface area contributed by atoms with Crippen molar-refractivity contribution >= 4 is 23.4 Å². The summed E-state index contributed by atoms with van der Waals surface area (Å²) >= 11 is 0. The van der Waals surface area contributed by atoms with Gasteiger partial charge in [-0.05, 0) is 41.5 Å². The molecule has 0 spiro atoms. The molecule has 0 aliphatic carbocycles. The van der Waals surface area contributed by atoms with E-state index in [0.717, 1.165) is 17.0 Å². The van der Waals surface area contributed by atoms with Gasteiger partial charge in [-0.15, -0.1) is 0 Å². The van der Waals surface area contributed by atoms with Gasteiger partial charge in [0.2, 0.25) is 11.8 Å². The quantitative estimate of drug-likeness (QED) is 0.532. The van der Waals surface area contributed by atoms with Crippen molar-refractivity contribution in [1.29, 1.82) is 0 Å². The van der Waals surface area contributed by atoms with E-state index >= 15 is 0 Å². The van der Waals surface area contributed by atoms with Crippen LogP contribution in [0.25, 0.3) is 0 Å². The van der Waals surface area contributed by atoms with Crippen LogP contribution < -0.4 is 11.1 Å². The zero-order chi connectivity index (χ0) is 24.9. The first-order valence-corrected chi connectivity index (χ1v) is 10.3. The molecule has 0 bridgehead atoms. The maximum Gasteiger partial charge on any atom is 0.416 e. The van der Waals surface area contributed by atoms with Crippen molar-refractivity contribution in [2.45, 2.75) is 25.7 Å². The van der Waals surface area contributed by atoms with Gasteiger partial charge >= 0.3 is 6.18 Å². The first kappa shape index (κ1) is 24.5. The molecular weight excluding hydrogens is 447 g/mol. The minimum Gasteiger partial charge on any atom is -0.368 e. The second kappa shape index (κ2) is 10.2. The third kappa shape index (κ3) is 6.00. The molecule has 0 aliphatic rings. The van der Waals surface area contributed by atoms with Crippen LogP contribution in [0.15, 0.2) is 78.9 Å². The van der Waals surface area contributed by atoms with Gasteiger partial charge in [0.1, 0.15) is 6.04 Å². The van der Waals surface area contributed by atoms with Crippen molar-refractivity contribution in [3.05, 3.63) is 101 Å². The Balaban J connectivity index is 2.08. The number of nitrogens with zero attached hydrogens (tertiary/aromatic N) is 1. The molecule has 34 heavy (non-hydrogen) atoms. The zero-order valence-electron chi connectivity index (χ0n) is 18.2. The molecule has 3 aromatic rings. The zero-order valence-corrected chi connectivity index (χ0v) is 18.2. The maximum absolute atomic E-state index is 13.6. The minimum atomic E-state index is -4.57. The summed E-state index contributed by atoms with van der Waals surface area (Å²) in [7, 11) is 0. The summed E-state index contributed by atoms with van der Waals surface area (Å²) in [5, 5.41) is 2.57. The lowest BCUT2D eigenvalue weighted by Gasteiger charge is -2.30. The number of carbonyl (C=O) groups excluding carboxylic acids is 3. The third-order valence-electron chi connectivity index (χ3n) is 4.99. The Hall–Kier alpha value is -4.14. The molecule has 0 aliphatic heterocycles. The van der Waals surface area contributed by atoms with Gasteiger partial charge in [-0.3, -0.25) is 14.4 Å². The van der Waals surface area contributed by atoms with Crippen LogP contribution in [-0.4, -0.2) is 22.6 Å². The third-order valence-corrected chi connectivity index (χ3v) is 4.99. The number of carbonyl (C=O) groups is 3. The fraction of sp³-hybridized carbons (Fsp3) is 0.160. The van der Waals surface area contributed by atoms with Crippen LogP contribution in [-0.2, 0) is 22.3 Å². The summed E-state index contributed by atoms with van der Waals surface area (Å²) < 4.78 is 39.7. The van der Waals surface area contributed by atoms with E-state index in [1.54, 1.807) is 42.5 Å². The van der Waals surface area contributed by atoms with E-state index in [9.17, 15) is 27.6 Å². The van der Waals surface area contributed by atoms with Gasteiger partial charge in [-0.1, -0.05) is 48.5 Å². The second-order valence-corrected chi connectivity index (χ2v) is 7.61. The molecule has 176 valence electrons. The Labute approximate surface area is 194 Å². The monoisotopic (exact) mass is 469 g/mol. The van der Waals surface area contributed by atoms with E-state index in [1.807, 2.05) is 0 Å². The summed E-state index contributed by atoms with van der Waals surface area (Å²) in [6.45, 7) is 1.00. The Morgan fingerprint density at radius 3 is 2.24 bits per heavy atom. The molecule has 0 saturated heterocycles. The fourth-order valence-corrected chi connectivity index (χ4v) is 3.56. The standard InChI is InChI=1S/C25H22F3N3O3/c1-16(32)30-21-12-6-10-19(14-21)24(34)31(22(23(29)33)18-8-3-2-4-9-18)15-17-7-5-11-20(13-17)25(26,27)28/h2-14,22H,15H2,1H3,(H2,29,33)(H,30,32)/t22-/m1/s1. The first-order valence-electron chi connectivity index (χ1n) is 10.3. The van der Waals surface area contributed by atoms with Crippen molar-refractivity contribution < 1.29 is 27.6 Å². The molecule has 3 rings (SSSR count). The Bertz CT molecular complexity index is 1200. The summed E-state index contributed by atoms with van der Waals surface area (Å²) in [5.74, 6) is -1.83. The van der Waals surface area contributed by atoms with Gasteiger partial charge in [-0.25, -0.2) is 0 Å². The van der Waals surface area contributed by atoms with Crippen LogP contribution >= 0.6 is 0 Å². The Morgan fingerprint density at radius 1 is 0.941 bits per heavy atom. The molecule has 3 amide bonds. The average molecular weight is 469 g/mol. The van der Waals surface area contributed by atoms with E-state index in [-0.39, 0.29) is 23.6 Å². The molecule has 3 N–H and O–H groups in total.